The predicted octanol–water partition coefficient (Wildman–Crippen LogP) is 2.80. The molecule has 0 spiro atoms. The average molecular weight is 349 g/mol. The molecule has 1 aliphatic heterocycles. The van der Waals surface area contributed by atoms with E-state index in [1.807, 2.05) is 6.07 Å². The predicted molar refractivity (Wildman–Crippen MR) is 74.1 cm³/mol. The number of ether oxygens (including phenoxy) is 1. The number of amides is 1. The second-order valence-electron chi connectivity index (χ2n) is 4.50. The van der Waals surface area contributed by atoms with Gasteiger partial charge in [0.15, 0.2) is 0 Å². The third-order valence-corrected chi connectivity index (χ3v) is 3.43. The molecule has 0 N–H and O–H groups in total. The standard InChI is InChI=1S/C13H15BrF2N2O2/c14-10-6-9-2-1-4-18(13(9)17-7-10)12(19)3-5-20-8-11(15)16/h6-7,11H,1-5,8H2. The number of nitrogens with zero attached hydrogens (tertiary/aromatic N) is 2. The van der Waals surface area contributed by atoms with E-state index < -0.39 is 13.0 Å². The van der Waals surface area contributed by atoms with Gasteiger partial charge in [0.05, 0.1) is 13.0 Å². The summed E-state index contributed by atoms with van der Waals surface area (Å²) >= 11 is 3.36. The van der Waals surface area contributed by atoms with Gasteiger partial charge in [0, 0.05) is 17.2 Å². The summed E-state index contributed by atoms with van der Waals surface area (Å²) in [5.41, 5.74) is 1.02. The van der Waals surface area contributed by atoms with Gasteiger partial charge in [-0.3, -0.25) is 9.69 Å². The van der Waals surface area contributed by atoms with Crippen LogP contribution >= 0.6 is 15.9 Å². The first-order chi connectivity index (χ1) is 9.58. The molecular weight excluding hydrogens is 334 g/mol. The molecule has 110 valence electrons. The molecule has 20 heavy (non-hydrogen) atoms. The van der Waals surface area contributed by atoms with Crippen LogP contribution < -0.4 is 4.90 Å². The molecule has 0 saturated heterocycles. The second kappa shape index (κ2) is 7.08. The molecule has 0 fully saturated rings. The lowest BCUT2D eigenvalue weighted by atomic mass is 10.1. The van der Waals surface area contributed by atoms with Crippen molar-refractivity contribution in [3.8, 4) is 0 Å². The number of aryl methyl sites for hydroxylation is 1. The normalized spacial score (nSPS) is 14.5. The van der Waals surface area contributed by atoms with E-state index in [4.69, 9.17) is 4.74 Å². The minimum atomic E-state index is -2.50. The summed E-state index contributed by atoms with van der Waals surface area (Å²) in [4.78, 5) is 18.0. The van der Waals surface area contributed by atoms with Crippen LogP contribution in [0.25, 0.3) is 0 Å². The van der Waals surface area contributed by atoms with Crippen LogP contribution in [0.3, 0.4) is 0 Å². The quantitative estimate of drug-likeness (QED) is 0.768. The van der Waals surface area contributed by atoms with E-state index in [1.165, 1.54) is 0 Å². The summed E-state index contributed by atoms with van der Waals surface area (Å²) in [5.74, 6) is 0.522. The monoisotopic (exact) mass is 348 g/mol. The van der Waals surface area contributed by atoms with E-state index >= 15 is 0 Å². The van der Waals surface area contributed by atoms with Gasteiger partial charge in [0.2, 0.25) is 5.91 Å². The topological polar surface area (TPSA) is 42.4 Å². The third-order valence-electron chi connectivity index (χ3n) is 3.00. The molecule has 0 aromatic carbocycles. The van der Waals surface area contributed by atoms with Crippen molar-refractivity contribution in [3.63, 3.8) is 0 Å². The minimum absolute atomic E-state index is 0.00549. The average Bonchev–Trinajstić information content (AvgIpc) is 2.42. The van der Waals surface area contributed by atoms with Crippen LogP contribution in [0.1, 0.15) is 18.4 Å². The lowest BCUT2D eigenvalue weighted by molar-refractivity contribution is -0.120. The Morgan fingerprint density at radius 3 is 3.10 bits per heavy atom. The van der Waals surface area contributed by atoms with Crippen LogP contribution in [0.5, 0.6) is 0 Å². The van der Waals surface area contributed by atoms with Crippen LogP contribution in [0, 0.1) is 0 Å². The number of aromatic nitrogens is 1. The Hall–Kier alpha value is -1.08. The fraction of sp³-hybridized carbons (Fsp3) is 0.538. The van der Waals surface area contributed by atoms with E-state index in [-0.39, 0.29) is 18.9 Å². The zero-order chi connectivity index (χ0) is 14.5. The number of anilines is 1. The van der Waals surface area contributed by atoms with Gasteiger partial charge in [-0.25, -0.2) is 13.8 Å². The number of fused-ring (bicyclic) bond motifs is 1. The fourth-order valence-corrected chi connectivity index (χ4v) is 2.52. The molecule has 0 atom stereocenters. The number of hydrogen-bond acceptors (Lipinski definition) is 3. The number of halogens is 3. The van der Waals surface area contributed by atoms with Crippen molar-refractivity contribution < 1.29 is 18.3 Å². The summed E-state index contributed by atoms with van der Waals surface area (Å²) in [5, 5.41) is 0. The van der Waals surface area contributed by atoms with Gasteiger partial charge in [-0.1, -0.05) is 0 Å². The first-order valence-corrected chi connectivity index (χ1v) is 7.18. The van der Waals surface area contributed by atoms with E-state index in [9.17, 15) is 13.6 Å². The van der Waals surface area contributed by atoms with E-state index in [2.05, 4.69) is 20.9 Å². The maximum atomic E-state index is 12.1. The molecule has 0 unspecified atom stereocenters. The maximum absolute atomic E-state index is 12.1. The highest BCUT2D eigenvalue weighted by Crippen LogP contribution is 2.27. The van der Waals surface area contributed by atoms with Gasteiger partial charge in [0.25, 0.3) is 6.43 Å². The van der Waals surface area contributed by atoms with Crippen LogP contribution in [0.4, 0.5) is 14.6 Å². The van der Waals surface area contributed by atoms with Crippen molar-refractivity contribution in [1.82, 2.24) is 4.98 Å². The maximum Gasteiger partial charge on any atom is 0.261 e. The lowest BCUT2D eigenvalue weighted by Crippen LogP contribution is -2.36. The molecular formula is C13H15BrF2N2O2. The smallest absolute Gasteiger partial charge is 0.261 e. The molecule has 4 nitrogen and oxygen atoms in total. The van der Waals surface area contributed by atoms with Crippen LogP contribution in [0.15, 0.2) is 16.7 Å². The molecule has 0 radical (unpaired) electrons. The Morgan fingerprint density at radius 1 is 1.55 bits per heavy atom. The molecule has 0 saturated carbocycles. The molecule has 0 bridgehead atoms. The Morgan fingerprint density at radius 2 is 2.35 bits per heavy atom. The highest BCUT2D eigenvalue weighted by molar-refractivity contribution is 9.10. The van der Waals surface area contributed by atoms with Gasteiger partial charge in [-0.15, -0.1) is 0 Å². The van der Waals surface area contributed by atoms with E-state index in [0.717, 1.165) is 22.9 Å². The lowest BCUT2D eigenvalue weighted by Gasteiger charge is -2.28. The van der Waals surface area contributed by atoms with E-state index in [1.54, 1.807) is 11.1 Å². The van der Waals surface area contributed by atoms with Crippen molar-refractivity contribution >= 4 is 27.7 Å². The molecule has 2 heterocycles. The molecule has 1 aromatic heterocycles. The van der Waals surface area contributed by atoms with E-state index in [0.29, 0.717) is 12.4 Å². The van der Waals surface area contributed by atoms with Gasteiger partial charge in [0.1, 0.15) is 12.4 Å². The van der Waals surface area contributed by atoms with Gasteiger partial charge in [-0.2, -0.15) is 0 Å². The Balaban J connectivity index is 1.95. The second-order valence-corrected chi connectivity index (χ2v) is 5.42. The van der Waals surface area contributed by atoms with Crippen molar-refractivity contribution in [2.45, 2.75) is 25.7 Å². The Kier molecular flexibility index (Phi) is 5.42. The molecule has 1 aromatic rings. The van der Waals surface area contributed by atoms with Crippen molar-refractivity contribution in [3.05, 3.63) is 22.3 Å². The van der Waals surface area contributed by atoms with Gasteiger partial charge < -0.3 is 4.74 Å². The highest BCUT2D eigenvalue weighted by atomic mass is 79.9. The van der Waals surface area contributed by atoms with Crippen molar-refractivity contribution in [2.24, 2.45) is 0 Å². The number of hydrogen-bond donors (Lipinski definition) is 0. The molecule has 1 amide bonds. The van der Waals surface area contributed by atoms with Crippen LogP contribution in [-0.2, 0) is 16.0 Å². The Bertz CT molecular complexity index is 485. The minimum Gasteiger partial charge on any atom is -0.375 e. The van der Waals surface area contributed by atoms with Crippen molar-refractivity contribution in [1.29, 1.82) is 0 Å². The van der Waals surface area contributed by atoms with Crippen LogP contribution in [0.2, 0.25) is 0 Å². The zero-order valence-electron chi connectivity index (χ0n) is 10.8. The SMILES string of the molecule is O=C(CCOCC(F)F)N1CCCc2cc(Br)cnc21. The molecule has 1 aliphatic rings. The number of carbonyl (C=O) groups is 1. The third kappa shape index (κ3) is 3.96. The zero-order valence-corrected chi connectivity index (χ0v) is 12.4. The fourth-order valence-electron chi connectivity index (χ4n) is 2.14. The number of pyridine rings is 1. The summed E-state index contributed by atoms with van der Waals surface area (Å²) < 4.78 is 29.4. The number of carbonyl (C=O) groups excluding carboxylic acids is 1. The molecule has 2 rings (SSSR count). The summed E-state index contributed by atoms with van der Waals surface area (Å²) in [6.07, 6.45) is 0.990. The number of alkyl halides is 2. The van der Waals surface area contributed by atoms with Crippen molar-refractivity contribution in [2.75, 3.05) is 24.7 Å². The Labute approximate surface area is 124 Å². The van der Waals surface area contributed by atoms with Gasteiger partial charge in [-0.05, 0) is 40.4 Å². The molecule has 7 heteroatoms. The highest BCUT2D eigenvalue weighted by Gasteiger charge is 2.23. The first-order valence-electron chi connectivity index (χ1n) is 6.38. The number of rotatable bonds is 5. The summed E-state index contributed by atoms with van der Waals surface area (Å²) in [7, 11) is 0. The summed E-state index contributed by atoms with van der Waals surface area (Å²) in [6.45, 7) is -0.0179. The first kappa shape index (κ1) is 15.3. The molecule has 0 aliphatic carbocycles. The van der Waals surface area contributed by atoms with Crippen LogP contribution in [-0.4, -0.2) is 37.1 Å². The van der Waals surface area contributed by atoms with Gasteiger partial charge >= 0.3 is 0 Å². The largest absolute Gasteiger partial charge is 0.375 e. The summed E-state index contributed by atoms with van der Waals surface area (Å²) in [6, 6.07) is 1.95.